The summed E-state index contributed by atoms with van der Waals surface area (Å²) in [7, 11) is 0. The van der Waals surface area contributed by atoms with Crippen LogP contribution in [0, 0.1) is 33.5 Å². The van der Waals surface area contributed by atoms with E-state index in [0.717, 1.165) is 27.9 Å². The predicted octanol–water partition coefficient (Wildman–Crippen LogP) is 5.46. The first-order valence-corrected chi connectivity index (χ1v) is 10.1. The van der Waals surface area contributed by atoms with E-state index in [0.29, 0.717) is 11.3 Å². The van der Waals surface area contributed by atoms with E-state index in [2.05, 4.69) is 5.32 Å². The van der Waals surface area contributed by atoms with Gasteiger partial charge in [0.25, 0.3) is 11.8 Å². The summed E-state index contributed by atoms with van der Waals surface area (Å²) < 4.78 is 13.5. The number of carbonyl (C=O) groups excluding carboxylic acids is 2. The minimum Gasteiger partial charge on any atom is -0.350 e. The minimum atomic E-state index is -0.437. The lowest BCUT2D eigenvalue weighted by atomic mass is 10.0. The SMILES string of the molecule is Cc1ccc(N2C(=O)C(Nc3cccc(C)c3C)=C(c3ccc(F)cc3)C2=O)cc1C. The van der Waals surface area contributed by atoms with Gasteiger partial charge in [-0.15, -0.1) is 0 Å². The van der Waals surface area contributed by atoms with Crippen molar-refractivity contribution in [2.75, 3.05) is 10.2 Å². The highest BCUT2D eigenvalue weighted by molar-refractivity contribution is 6.46. The van der Waals surface area contributed by atoms with Crippen molar-refractivity contribution in [1.29, 1.82) is 0 Å². The Morgan fingerprint density at radius 2 is 1.48 bits per heavy atom. The number of carbonyl (C=O) groups is 2. The van der Waals surface area contributed by atoms with Gasteiger partial charge in [0.05, 0.1) is 11.3 Å². The lowest BCUT2D eigenvalue weighted by Crippen LogP contribution is -2.32. The molecule has 4 nitrogen and oxygen atoms in total. The van der Waals surface area contributed by atoms with Gasteiger partial charge < -0.3 is 5.32 Å². The fraction of sp³-hybridized carbons (Fsp3) is 0.154. The van der Waals surface area contributed by atoms with Crippen LogP contribution in [0.1, 0.15) is 27.8 Å². The first kappa shape index (κ1) is 20.5. The zero-order chi connectivity index (χ0) is 22.3. The number of nitrogens with zero attached hydrogens (tertiary/aromatic N) is 1. The minimum absolute atomic E-state index is 0.184. The second-order valence-electron chi connectivity index (χ2n) is 7.84. The molecule has 1 aliphatic heterocycles. The summed E-state index contributed by atoms with van der Waals surface area (Å²) in [5.41, 5.74) is 6.26. The van der Waals surface area contributed by atoms with Crippen LogP contribution < -0.4 is 10.2 Å². The molecule has 31 heavy (non-hydrogen) atoms. The van der Waals surface area contributed by atoms with E-state index in [-0.39, 0.29) is 11.3 Å². The average Bonchev–Trinajstić information content (AvgIpc) is 2.98. The highest BCUT2D eigenvalue weighted by Gasteiger charge is 2.40. The standard InChI is InChI=1S/C26H23FN2O2/c1-15-8-13-21(14-17(15)3)29-25(30)23(19-9-11-20(27)12-10-19)24(26(29)31)28-22-7-5-6-16(2)18(22)4/h5-14,28H,1-4H3. The Bertz CT molecular complexity index is 1240. The van der Waals surface area contributed by atoms with Crippen LogP contribution in [0.25, 0.3) is 5.57 Å². The molecule has 3 aromatic rings. The zero-order valence-electron chi connectivity index (χ0n) is 17.9. The summed E-state index contributed by atoms with van der Waals surface area (Å²) >= 11 is 0. The molecular formula is C26H23FN2O2. The summed E-state index contributed by atoms with van der Waals surface area (Å²) in [5.74, 6) is -1.28. The van der Waals surface area contributed by atoms with Gasteiger partial charge >= 0.3 is 0 Å². The van der Waals surface area contributed by atoms with Gasteiger partial charge in [-0.1, -0.05) is 30.3 Å². The van der Waals surface area contributed by atoms with E-state index in [9.17, 15) is 14.0 Å². The van der Waals surface area contributed by atoms with Crippen molar-refractivity contribution in [1.82, 2.24) is 0 Å². The van der Waals surface area contributed by atoms with Crippen molar-refractivity contribution in [2.24, 2.45) is 0 Å². The molecule has 1 heterocycles. The molecule has 0 aliphatic carbocycles. The first-order chi connectivity index (χ1) is 14.8. The number of benzene rings is 3. The summed E-state index contributed by atoms with van der Waals surface area (Å²) in [6.07, 6.45) is 0. The number of hydrogen-bond donors (Lipinski definition) is 1. The third-order valence-electron chi connectivity index (χ3n) is 5.83. The molecule has 156 valence electrons. The molecule has 3 aromatic carbocycles. The normalized spacial score (nSPS) is 13.9. The number of rotatable bonds is 4. The van der Waals surface area contributed by atoms with Gasteiger partial charge in [-0.25, -0.2) is 9.29 Å². The molecule has 5 heteroatoms. The Kier molecular flexibility index (Phi) is 5.19. The molecule has 0 saturated carbocycles. The molecule has 1 aliphatic rings. The number of anilines is 2. The highest BCUT2D eigenvalue weighted by atomic mass is 19.1. The Hall–Kier alpha value is -3.73. The molecule has 0 radical (unpaired) electrons. The largest absolute Gasteiger partial charge is 0.350 e. The van der Waals surface area contributed by atoms with E-state index in [1.165, 1.54) is 29.2 Å². The van der Waals surface area contributed by atoms with Gasteiger partial charge in [0.1, 0.15) is 11.5 Å². The summed E-state index contributed by atoms with van der Waals surface area (Å²) in [4.78, 5) is 28.1. The topological polar surface area (TPSA) is 49.4 Å². The molecule has 0 aromatic heterocycles. The lowest BCUT2D eigenvalue weighted by Gasteiger charge is -2.17. The fourth-order valence-corrected chi connectivity index (χ4v) is 3.65. The van der Waals surface area contributed by atoms with Crippen molar-refractivity contribution in [3.05, 3.63) is 100.0 Å². The second kappa shape index (κ2) is 7.84. The number of halogens is 1. The Morgan fingerprint density at radius 3 is 2.16 bits per heavy atom. The number of imide groups is 1. The third kappa shape index (κ3) is 3.63. The molecule has 0 atom stereocenters. The van der Waals surface area contributed by atoms with Crippen LogP contribution in [0.2, 0.25) is 0 Å². The number of amides is 2. The average molecular weight is 414 g/mol. The zero-order valence-corrected chi connectivity index (χ0v) is 17.9. The number of aryl methyl sites for hydroxylation is 3. The van der Waals surface area contributed by atoms with Crippen LogP contribution in [0.3, 0.4) is 0 Å². The molecular weight excluding hydrogens is 391 g/mol. The summed E-state index contributed by atoms with van der Waals surface area (Å²) in [5, 5.41) is 3.19. The van der Waals surface area contributed by atoms with Gasteiger partial charge in [0.15, 0.2) is 0 Å². The van der Waals surface area contributed by atoms with Crippen LogP contribution in [0.15, 0.2) is 66.4 Å². The molecule has 0 spiro atoms. The Labute approximate surface area is 181 Å². The maximum absolute atomic E-state index is 13.5. The van der Waals surface area contributed by atoms with Crippen LogP contribution in [0.5, 0.6) is 0 Å². The van der Waals surface area contributed by atoms with Crippen molar-refractivity contribution in [2.45, 2.75) is 27.7 Å². The predicted molar refractivity (Wildman–Crippen MR) is 121 cm³/mol. The molecule has 0 fully saturated rings. The van der Waals surface area contributed by atoms with Crippen molar-refractivity contribution in [3.8, 4) is 0 Å². The van der Waals surface area contributed by atoms with Crippen LogP contribution in [-0.4, -0.2) is 11.8 Å². The molecule has 0 bridgehead atoms. The lowest BCUT2D eigenvalue weighted by molar-refractivity contribution is -0.120. The van der Waals surface area contributed by atoms with Gasteiger partial charge in [-0.2, -0.15) is 0 Å². The van der Waals surface area contributed by atoms with E-state index >= 15 is 0 Å². The van der Waals surface area contributed by atoms with E-state index < -0.39 is 17.6 Å². The van der Waals surface area contributed by atoms with Gasteiger partial charge in [-0.05, 0) is 85.8 Å². The molecule has 4 rings (SSSR count). The van der Waals surface area contributed by atoms with Crippen molar-refractivity contribution in [3.63, 3.8) is 0 Å². The third-order valence-corrected chi connectivity index (χ3v) is 5.83. The van der Waals surface area contributed by atoms with Gasteiger partial charge in [0.2, 0.25) is 0 Å². The maximum atomic E-state index is 13.5. The quantitative estimate of drug-likeness (QED) is 0.577. The second-order valence-corrected chi connectivity index (χ2v) is 7.84. The number of nitrogens with one attached hydrogen (secondary N) is 1. The smallest absolute Gasteiger partial charge is 0.282 e. The molecule has 0 unspecified atom stereocenters. The monoisotopic (exact) mass is 414 g/mol. The van der Waals surface area contributed by atoms with E-state index in [4.69, 9.17) is 0 Å². The van der Waals surface area contributed by atoms with Crippen molar-refractivity contribution < 1.29 is 14.0 Å². The highest BCUT2D eigenvalue weighted by Crippen LogP contribution is 2.35. The fourth-order valence-electron chi connectivity index (χ4n) is 3.65. The van der Waals surface area contributed by atoms with Crippen molar-refractivity contribution >= 4 is 28.8 Å². The molecule has 0 saturated heterocycles. The van der Waals surface area contributed by atoms with Crippen LogP contribution in [0.4, 0.5) is 15.8 Å². The van der Waals surface area contributed by atoms with Gasteiger partial charge in [-0.3, -0.25) is 9.59 Å². The van der Waals surface area contributed by atoms with Crippen LogP contribution in [-0.2, 0) is 9.59 Å². The Morgan fingerprint density at radius 1 is 0.774 bits per heavy atom. The number of hydrogen-bond acceptors (Lipinski definition) is 3. The summed E-state index contributed by atoms with van der Waals surface area (Å²) in [6.45, 7) is 7.85. The maximum Gasteiger partial charge on any atom is 0.282 e. The first-order valence-electron chi connectivity index (χ1n) is 10.1. The molecule has 1 N–H and O–H groups in total. The Balaban J connectivity index is 1.85. The van der Waals surface area contributed by atoms with E-state index in [1.807, 2.05) is 58.0 Å². The van der Waals surface area contributed by atoms with Crippen LogP contribution >= 0.6 is 0 Å². The van der Waals surface area contributed by atoms with Gasteiger partial charge in [0, 0.05) is 5.69 Å². The summed E-state index contributed by atoms with van der Waals surface area (Å²) in [6, 6.07) is 16.8. The van der Waals surface area contributed by atoms with E-state index in [1.54, 1.807) is 6.07 Å². The molecule has 2 amide bonds.